The number of benzene rings is 1. The van der Waals surface area contributed by atoms with Crippen molar-refractivity contribution in [3.05, 3.63) is 40.5 Å². The molecule has 0 amide bonds. The molecule has 0 radical (unpaired) electrons. The highest BCUT2D eigenvalue weighted by Crippen LogP contribution is 2.21. The smallest absolute Gasteiger partial charge is 0.336 e. The van der Waals surface area contributed by atoms with E-state index in [1.165, 1.54) is 12.8 Å². The minimum Gasteiger partial charge on any atom is -0.478 e. The van der Waals surface area contributed by atoms with Gasteiger partial charge in [-0.05, 0) is 42.4 Å². The number of hydrogen-bond donors (Lipinski definition) is 2. The largest absolute Gasteiger partial charge is 0.478 e. The number of unbranched alkanes of at least 4 members (excludes halogenated alkanes) is 2. The van der Waals surface area contributed by atoms with Crippen molar-refractivity contribution in [2.75, 3.05) is 0 Å². The van der Waals surface area contributed by atoms with Gasteiger partial charge in [-0.15, -0.1) is 0 Å². The summed E-state index contributed by atoms with van der Waals surface area (Å²) in [4.78, 5) is 11.4. The van der Waals surface area contributed by atoms with Gasteiger partial charge in [0.15, 0.2) is 0 Å². The normalized spacial score (nSPS) is 11.5. The molecule has 0 aliphatic carbocycles. The molecule has 0 aliphatic rings. The molecule has 0 unspecified atom stereocenters. The topological polar surface area (TPSA) is 57.5 Å². The van der Waals surface area contributed by atoms with Gasteiger partial charge in [-0.25, -0.2) is 4.79 Å². The van der Waals surface area contributed by atoms with E-state index in [1.807, 2.05) is 31.2 Å². The molecular weight excluding hydrogens is 264 g/mol. The van der Waals surface area contributed by atoms with Crippen LogP contribution >= 0.6 is 0 Å². The maximum atomic E-state index is 11.4. The summed E-state index contributed by atoms with van der Waals surface area (Å²) in [6.07, 6.45) is 8.39. The predicted molar refractivity (Wildman–Crippen MR) is 86.4 cm³/mol. The van der Waals surface area contributed by atoms with Crippen LogP contribution < -0.4 is 0 Å². The van der Waals surface area contributed by atoms with Crippen molar-refractivity contribution in [1.82, 2.24) is 0 Å². The first kappa shape index (κ1) is 17.4. The highest BCUT2D eigenvalue weighted by atomic mass is 16.4. The summed E-state index contributed by atoms with van der Waals surface area (Å²) >= 11 is 0. The Kier molecular flexibility index (Phi) is 7.17. The van der Waals surface area contributed by atoms with E-state index in [1.54, 1.807) is 0 Å². The second-order valence-electron chi connectivity index (χ2n) is 5.87. The molecule has 0 fully saturated rings. The van der Waals surface area contributed by atoms with Crippen molar-refractivity contribution < 1.29 is 15.0 Å². The molecule has 1 aromatic rings. The van der Waals surface area contributed by atoms with Gasteiger partial charge < -0.3 is 10.2 Å². The lowest BCUT2D eigenvalue weighted by Gasteiger charge is -2.10. The van der Waals surface area contributed by atoms with Gasteiger partial charge in [0.25, 0.3) is 0 Å². The SMILES string of the molecule is Cc1ccc(C=CCCCCC(C)C)c(C(=O)O)c1CO. The average molecular weight is 290 g/mol. The lowest BCUT2D eigenvalue weighted by atomic mass is 9.96. The number of aliphatic hydroxyl groups is 1. The second-order valence-corrected chi connectivity index (χ2v) is 5.87. The Bertz CT molecular complexity index is 501. The second kappa shape index (κ2) is 8.63. The number of carbonyl (C=O) groups is 1. The molecule has 0 aromatic heterocycles. The molecule has 0 heterocycles. The van der Waals surface area contributed by atoms with Crippen LogP contribution in [0, 0.1) is 12.8 Å². The lowest BCUT2D eigenvalue weighted by Crippen LogP contribution is -2.07. The van der Waals surface area contributed by atoms with E-state index < -0.39 is 5.97 Å². The van der Waals surface area contributed by atoms with Gasteiger partial charge in [0.2, 0.25) is 0 Å². The number of hydrogen-bond acceptors (Lipinski definition) is 2. The van der Waals surface area contributed by atoms with Gasteiger partial charge >= 0.3 is 5.97 Å². The Morgan fingerprint density at radius 2 is 2.00 bits per heavy atom. The van der Waals surface area contributed by atoms with Crippen LogP contribution in [0.2, 0.25) is 0 Å². The summed E-state index contributed by atoms with van der Waals surface area (Å²) in [6, 6.07) is 3.67. The third kappa shape index (κ3) is 5.35. The lowest BCUT2D eigenvalue weighted by molar-refractivity contribution is 0.0693. The maximum absolute atomic E-state index is 11.4. The number of aliphatic hydroxyl groups excluding tert-OH is 1. The number of aromatic carboxylic acids is 1. The first-order chi connectivity index (χ1) is 9.97. The average Bonchev–Trinajstić information content (AvgIpc) is 2.42. The number of carboxylic acids is 1. The zero-order chi connectivity index (χ0) is 15.8. The van der Waals surface area contributed by atoms with Crippen molar-refractivity contribution in [3.8, 4) is 0 Å². The minimum atomic E-state index is -0.984. The molecule has 0 saturated heterocycles. The van der Waals surface area contributed by atoms with E-state index in [2.05, 4.69) is 13.8 Å². The maximum Gasteiger partial charge on any atom is 0.336 e. The van der Waals surface area contributed by atoms with E-state index in [0.717, 1.165) is 24.3 Å². The first-order valence-corrected chi connectivity index (χ1v) is 7.60. The van der Waals surface area contributed by atoms with Gasteiger partial charge in [-0.2, -0.15) is 0 Å². The molecule has 0 saturated carbocycles. The third-order valence-electron chi connectivity index (χ3n) is 3.65. The summed E-state index contributed by atoms with van der Waals surface area (Å²) in [5, 5.41) is 18.7. The van der Waals surface area contributed by atoms with Gasteiger partial charge in [-0.1, -0.05) is 51.0 Å². The van der Waals surface area contributed by atoms with E-state index in [4.69, 9.17) is 0 Å². The number of rotatable bonds is 8. The molecule has 2 N–H and O–H groups in total. The fourth-order valence-electron chi connectivity index (χ4n) is 2.39. The van der Waals surface area contributed by atoms with Crippen LogP contribution in [0.3, 0.4) is 0 Å². The van der Waals surface area contributed by atoms with Crippen LogP contribution in [0.25, 0.3) is 6.08 Å². The molecule has 116 valence electrons. The van der Waals surface area contributed by atoms with Crippen LogP contribution in [0.5, 0.6) is 0 Å². The van der Waals surface area contributed by atoms with E-state index in [9.17, 15) is 15.0 Å². The van der Waals surface area contributed by atoms with Gasteiger partial charge in [-0.3, -0.25) is 0 Å². The van der Waals surface area contributed by atoms with Crippen LogP contribution in [0.1, 0.15) is 66.6 Å². The van der Waals surface area contributed by atoms with Gasteiger partial charge in [0.05, 0.1) is 12.2 Å². The fraction of sp³-hybridized carbons (Fsp3) is 0.500. The van der Waals surface area contributed by atoms with Crippen molar-refractivity contribution in [2.45, 2.75) is 53.1 Å². The van der Waals surface area contributed by atoms with Gasteiger partial charge in [0.1, 0.15) is 0 Å². The van der Waals surface area contributed by atoms with Crippen molar-refractivity contribution in [2.24, 2.45) is 5.92 Å². The number of allylic oxidation sites excluding steroid dienone is 1. The molecule has 0 aliphatic heterocycles. The Morgan fingerprint density at radius 3 is 2.57 bits per heavy atom. The number of carboxylic acid groups (broad SMARTS) is 1. The van der Waals surface area contributed by atoms with Crippen LogP contribution in [-0.2, 0) is 6.61 Å². The van der Waals surface area contributed by atoms with E-state index in [0.29, 0.717) is 11.1 Å². The predicted octanol–water partition coefficient (Wildman–Crippen LogP) is 4.42. The van der Waals surface area contributed by atoms with E-state index >= 15 is 0 Å². The Hall–Kier alpha value is -1.61. The Labute approximate surface area is 127 Å². The Balaban J connectivity index is 2.77. The quantitative estimate of drug-likeness (QED) is 0.697. The van der Waals surface area contributed by atoms with Crippen LogP contribution in [0.4, 0.5) is 0 Å². The summed E-state index contributed by atoms with van der Waals surface area (Å²) < 4.78 is 0. The van der Waals surface area contributed by atoms with Crippen molar-refractivity contribution in [3.63, 3.8) is 0 Å². The summed E-state index contributed by atoms with van der Waals surface area (Å²) in [5.74, 6) is -0.251. The number of aryl methyl sites for hydroxylation is 1. The first-order valence-electron chi connectivity index (χ1n) is 7.60. The standard InChI is InChI=1S/C18H26O3/c1-13(2)8-6-4-5-7-9-15-11-10-14(3)16(12-19)17(15)18(20)21/h7,9-11,13,19H,4-6,8,12H2,1-3H3,(H,20,21). The third-order valence-corrected chi connectivity index (χ3v) is 3.65. The monoisotopic (exact) mass is 290 g/mol. The van der Waals surface area contributed by atoms with Crippen molar-refractivity contribution >= 4 is 12.0 Å². The minimum absolute atomic E-state index is 0.218. The van der Waals surface area contributed by atoms with Crippen LogP contribution in [-0.4, -0.2) is 16.2 Å². The van der Waals surface area contributed by atoms with Crippen LogP contribution in [0.15, 0.2) is 18.2 Å². The molecule has 0 atom stereocenters. The summed E-state index contributed by atoms with van der Waals surface area (Å²) in [6.45, 7) is 6.01. The summed E-state index contributed by atoms with van der Waals surface area (Å²) in [7, 11) is 0. The molecule has 1 aromatic carbocycles. The molecular formula is C18H26O3. The zero-order valence-corrected chi connectivity index (χ0v) is 13.2. The highest BCUT2D eigenvalue weighted by molar-refractivity contribution is 5.94. The fourth-order valence-corrected chi connectivity index (χ4v) is 2.39. The van der Waals surface area contributed by atoms with E-state index in [-0.39, 0.29) is 12.2 Å². The Morgan fingerprint density at radius 1 is 1.29 bits per heavy atom. The molecule has 0 bridgehead atoms. The van der Waals surface area contributed by atoms with Gasteiger partial charge in [0, 0.05) is 0 Å². The molecule has 3 nitrogen and oxygen atoms in total. The zero-order valence-electron chi connectivity index (χ0n) is 13.2. The van der Waals surface area contributed by atoms with Crippen molar-refractivity contribution in [1.29, 1.82) is 0 Å². The molecule has 0 spiro atoms. The molecule has 3 heteroatoms. The highest BCUT2D eigenvalue weighted by Gasteiger charge is 2.15. The molecule has 21 heavy (non-hydrogen) atoms. The summed E-state index contributed by atoms with van der Waals surface area (Å²) in [5.41, 5.74) is 2.20. The molecule has 1 rings (SSSR count).